The van der Waals surface area contributed by atoms with Crippen molar-refractivity contribution < 1.29 is 14.0 Å². The second-order valence-corrected chi connectivity index (χ2v) is 9.18. The fraction of sp³-hybridized carbons (Fsp3) is 0.417. The Morgan fingerprint density at radius 2 is 1.74 bits per heavy atom. The normalized spacial score (nSPS) is 20.7. The van der Waals surface area contributed by atoms with Gasteiger partial charge in [-0.2, -0.15) is 0 Å². The summed E-state index contributed by atoms with van der Waals surface area (Å²) in [6.45, 7) is 5.58. The van der Waals surface area contributed by atoms with E-state index in [9.17, 15) is 14.0 Å². The Labute approximate surface area is 187 Å². The number of halogens is 2. The number of hydrogen-bond donors (Lipinski definition) is 1. The van der Waals surface area contributed by atoms with Crippen molar-refractivity contribution in [2.24, 2.45) is 5.92 Å². The fourth-order valence-electron chi connectivity index (χ4n) is 4.53. The maximum Gasteiger partial charge on any atom is 0.253 e. The first-order chi connectivity index (χ1) is 14.8. The van der Waals surface area contributed by atoms with Gasteiger partial charge < -0.3 is 9.80 Å². The SMILES string of the molecule is CC(C)[C@@H]1NC2(CCN(C(=O)c3ccc(Cl)cc3)CC2)N(Cc2ccc(F)cc2)C1=O. The molecule has 1 spiro atoms. The first-order valence-corrected chi connectivity index (χ1v) is 11.1. The molecule has 2 amide bonds. The summed E-state index contributed by atoms with van der Waals surface area (Å²) in [4.78, 5) is 29.9. The highest BCUT2D eigenvalue weighted by molar-refractivity contribution is 6.30. The lowest BCUT2D eigenvalue weighted by molar-refractivity contribution is -0.134. The van der Waals surface area contributed by atoms with Crippen LogP contribution in [0.4, 0.5) is 4.39 Å². The molecule has 164 valence electrons. The third kappa shape index (κ3) is 4.32. The van der Waals surface area contributed by atoms with Crippen molar-refractivity contribution >= 4 is 23.4 Å². The summed E-state index contributed by atoms with van der Waals surface area (Å²) in [5.41, 5.74) is 0.996. The van der Waals surface area contributed by atoms with Crippen molar-refractivity contribution in [3.63, 3.8) is 0 Å². The third-order valence-electron chi connectivity index (χ3n) is 6.36. The van der Waals surface area contributed by atoms with E-state index in [1.165, 1.54) is 12.1 Å². The number of likely N-dealkylation sites (tertiary alicyclic amines) is 1. The zero-order valence-electron chi connectivity index (χ0n) is 17.8. The molecule has 2 fully saturated rings. The molecule has 7 heteroatoms. The quantitative estimate of drug-likeness (QED) is 0.775. The zero-order valence-corrected chi connectivity index (χ0v) is 18.5. The summed E-state index contributed by atoms with van der Waals surface area (Å²) in [7, 11) is 0. The summed E-state index contributed by atoms with van der Waals surface area (Å²) in [5, 5.41) is 4.19. The van der Waals surface area contributed by atoms with E-state index in [4.69, 9.17) is 11.6 Å². The number of rotatable bonds is 4. The van der Waals surface area contributed by atoms with Gasteiger partial charge in [0.1, 0.15) is 5.82 Å². The maximum atomic E-state index is 13.3. The summed E-state index contributed by atoms with van der Waals surface area (Å²) in [6.07, 6.45) is 1.28. The summed E-state index contributed by atoms with van der Waals surface area (Å²) in [6, 6.07) is 12.9. The standard InChI is InChI=1S/C24H27ClFN3O2/c1-16(2)21-23(31)29(15-17-3-9-20(26)10-4-17)24(27-21)11-13-28(14-12-24)22(30)18-5-7-19(25)8-6-18/h3-10,16,21,27H,11-15H2,1-2H3/t21-/m0/s1. The van der Waals surface area contributed by atoms with Gasteiger partial charge in [-0.05, 0) is 47.9 Å². The molecule has 2 saturated heterocycles. The fourth-order valence-corrected chi connectivity index (χ4v) is 4.66. The molecule has 0 saturated carbocycles. The van der Waals surface area contributed by atoms with Gasteiger partial charge in [-0.3, -0.25) is 14.9 Å². The number of hydrogen-bond acceptors (Lipinski definition) is 3. The van der Waals surface area contributed by atoms with Crippen LogP contribution in [-0.2, 0) is 11.3 Å². The number of amides is 2. The number of carbonyl (C=O) groups is 2. The van der Waals surface area contributed by atoms with Crippen molar-refractivity contribution in [3.8, 4) is 0 Å². The first kappa shape index (κ1) is 21.8. The van der Waals surface area contributed by atoms with Crippen LogP contribution >= 0.6 is 11.6 Å². The van der Waals surface area contributed by atoms with Crippen molar-refractivity contribution in [2.45, 2.75) is 44.9 Å². The average molecular weight is 444 g/mol. The van der Waals surface area contributed by atoms with Gasteiger partial charge in [-0.25, -0.2) is 4.39 Å². The van der Waals surface area contributed by atoms with Crippen molar-refractivity contribution in [2.75, 3.05) is 13.1 Å². The molecule has 2 aliphatic heterocycles. The Bertz CT molecular complexity index is 954. The van der Waals surface area contributed by atoms with Crippen LogP contribution in [0.1, 0.15) is 42.6 Å². The van der Waals surface area contributed by atoms with Crippen LogP contribution in [-0.4, -0.2) is 46.4 Å². The highest BCUT2D eigenvalue weighted by Gasteiger charge is 2.52. The van der Waals surface area contributed by atoms with Gasteiger partial charge >= 0.3 is 0 Å². The number of nitrogens with zero attached hydrogens (tertiary/aromatic N) is 2. The molecule has 0 radical (unpaired) electrons. The van der Waals surface area contributed by atoms with E-state index in [0.29, 0.717) is 43.1 Å². The topological polar surface area (TPSA) is 52.7 Å². The van der Waals surface area contributed by atoms with Crippen LogP contribution in [0, 0.1) is 11.7 Å². The molecule has 2 aliphatic rings. The Morgan fingerprint density at radius 1 is 1.13 bits per heavy atom. The minimum absolute atomic E-state index is 0.0265. The Morgan fingerprint density at radius 3 is 2.32 bits per heavy atom. The lowest BCUT2D eigenvalue weighted by Crippen LogP contribution is -2.59. The van der Waals surface area contributed by atoms with Gasteiger partial charge in [-0.1, -0.05) is 37.6 Å². The van der Waals surface area contributed by atoms with Crippen LogP contribution in [0.3, 0.4) is 0 Å². The molecule has 5 nitrogen and oxygen atoms in total. The molecule has 0 bridgehead atoms. The molecular weight excluding hydrogens is 417 g/mol. The van der Waals surface area contributed by atoms with Crippen LogP contribution in [0.5, 0.6) is 0 Å². The van der Waals surface area contributed by atoms with Crippen molar-refractivity contribution in [1.82, 2.24) is 15.1 Å². The minimum Gasteiger partial charge on any atom is -0.338 e. The number of piperidine rings is 1. The van der Waals surface area contributed by atoms with Gasteiger partial charge in [-0.15, -0.1) is 0 Å². The Balaban J connectivity index is 1.52. The second kappa shape index (κ2) is 8.60. The average Bonchev–Trinajstić information content (AvgIpc) is 3.02. The highest BCUT2D eigenvalue weighted by Crippen LogP contribution is 2.36. The minimum atomic E-state index is -0.503. The summed E-state index contributed by atoms with van der Waals surface area (Å²) < 4.78 is 13.3. The second-order valence-electron chi connectivity index (χ2n) is 8.75. The lowest BCUT2D eigenvalue weighted by Gasteiger charge is -2.44. The Kier molecular flexibility index (Phi) is 6.04. The van der Waals surface area contributed by atoms with Crippen LogP contribution in [0.25, 0.3) is 0 Å². The monoisotopic (exact) mass is 443 g/mol. The van der Waals surface area contributed by atoms with Crippen LogP contribution in [0.2, 0.25) is 5.02 Å². The molecule has 31 heavy (non-hydrogen) atoms. The van der Waals surface area contributed by atoms with Gasteiger partial charge in [0.05, 0.1) is 11.7 Å². The lowest BCUT2D eigenvalue weighted by atomic mass is 9.94. The predicted octanol–water partition coefficient (Wildman–Crippen LogP) is 4.07. The largest absolute Gasteiger partial charge is 0.338 e. The van der Waals surface area contributed by atoms with E-state index in [0.717, 1.165) is 5.56 Å². The Hall–Kier alpha value is -2.44. The van der Waals surface area contributed by atoms with Crippen molar-refractivity contribution in [3.05, 3.63) is 70.5 Å². The summed E-state index contributed by atoms with van der Waals surface area (Å²) in [5.74, 6) is -0.104. The smallest absolute Gasteiger partial charge is 0.253 e. The molecule has 1 atom stereocenters. The van der Waals surface area contributed by atoms with Crippen LogP contribution in [0.15, 0.2) is 48.5 Å². The number of benzene rings is 2. The van der Waals surface area contributed by atoms with Crippen LogP contribution < -0.4 is 5.32 Å². The molecular formula is C24H27ClFN3O2. The van der Waals surface area contributed by atoms with Gasteiger partial charge in [0.15, 0.2) is 0 Å². The summed E-state index contributed by atoms with van der Waals surface area (Å²) >= 11 is 5.94. The van der Waals surface area contributed by atoms with Gasteiger partial charge in [0.25, 0.3) is 5.91 Å². The number of carbonyl (C=O) groups excluding carboxylic acids is 2. The predicted molar refractivity (Wildman–Crippen MR) is 118 cm³/mol. The van der Waals surface area contributed by atoms with E-state index in [-0.39, 0.29) is 29.6 Å². The van der Waals surface area contributed by atoms with E-state index in [2.05, 4.69) is 5.32 Å². The van der Waals surface area contributed by atoms with Crippen molar-refractivity contribution in [1.29, 1.82) is 0 Å². The highest BCUT2D eigenvalue weighted by atomic mass is 35.5. The van der Waals surface area contributed by atoms with E-state index >= 15 is 0 Å². The first-order valence-electron chi connectivity index (χ1n) is 10.7. The molecule has 2 aromatic rings. The van der Waals surface area contributed by atoms with E-state index < -0.39 is 5.66 Å². The van der Waals surface area contributed by atoms with E-state index in [1.807, 2.05) is 23.6 Å². The van der Waals surface area contributed by atoms with Gasteiger partial charge in [0.2, 0.25) is 5.91 Å². The molecule has 0 aliphatic carbocycles. The number of nitrogens with one attached hydrogen (secondary N) is 1. The molecule has 0 unspecified atom stereocenters. The molecule has 0 aromatic heterocycles. The van der Waals surface area contributed by atoms with E-state index in [1.54, 1.807) is 36.4 Å². The zero-order chi connectivity index (χ0) is 22.2. The molecule has 1 N–H and O–H groups in total. The third-order valence-corrected chi connectivity index (χ3v) is 6.61. The molecule has 4 rings (SSSR count). The maximum absolute atomic E-state index is 13.3. The molecule has 2 aromatic carbocycles. The van der Waals surface area contributed by atoms with Gasteiger partial charge in [0, 0.05) is 43.1 Å². The molecule has 2 heterocycles.